The first kappa shape index (κ1) is 14.5. The molecule has 2 fully saturated rings. The van der Waals surface area contributed by atoms with Crippen LogP contribution in [0.2, 0.25) is 0 Å². The van der Waals surface area contributed by atoms with Crippen molar-refractivity contribution in [2.45, 2.75) is 32.0 Å². The molecule has 5 nitrogen and oxygen atoms in total. The van der Waals surface area contributed by atoms with Gasteiger partial charge in [-0.05, 0) is 43.5 Å². The lowest BCUT2D eigenvalue weighted by molar-refractivity contribution is -0.313. The zero-order valence-corrected chi connectivity index (χ0v) is 13.1. The van der Waals surface area contributed by atoms with Gasteiger partial charge in [0.25, 0.3) is 0 Å². The van der Waals surface area contributed by atoms with Gasteiger partial charge in [0, 0.05) is 22.0 Å². The summed E-state index contributed by atoms with van der Waals surface area (Å²) in [4.78, 5) is 23.8. The van der Waals surface area contributed by atoms with Crippen molar-refractivity contribution in [2.24, 2.45) is 11.8 Å². The van der Waals surface area contributed by atoms with Crippen LogP contribution in [0, 0.1) is 18.8 Å². The third-order valence-corrected chi connectivity index (χ3v) is 4.79. The monoisotopic (exact) mass is 352 g/mol. The van der Waals surface area contributed by atoms with Crippen molar-refractivity contribution < 1.29 is 19.4 Å². The van der Waals surface area contributed by atoms with Crippen LogP contribution in [0.1, 0.15) is 18.4 Å². The predicted molar refractivity (Wildman–Crippen MR) is 77.4 cm³/mol. The molecule has 0 radical (unpaired) electrons. The third kappa shape index (κ3) is 2.58. The van der Waals surface area contributed by atoms with Crippen LogP contribution in [0.3, 0.4) is 0 Å². The van der Waals surface area contributed by atoms with E-state index < -0.39 is 17.8 Å². The van der Waals surface area contributed by atoms with Crippen molar-refractivity contribution >= 4 is 33.5 Å². The summed E-state index contributed by atoms with van der Waals surface area (Å²) in [5, 5.41) is 14.1. The molecule has 1 aromatic rings. The predicted octanol–water partition coefficient (Wildman–Crippen LogP) is 1.24. The van der Waals surface area contributed by atoms with E-state index in [-0.39, 0.29) is 18.1 Å². The van der Waals surface area contributed by atoms with Crippen LogP contribution in [0.5, 0.6) is 0 Å². The largest absolute Gasteiger partial charge is 0.550 e. The van der Waals surface area contributed by atoms with Crippen LogP contribution in [-0.2, 0) is 14.3 Å². The average molecular weight is 353 g/mol. The lowest BCUT2D eigenvalue weighted by Crippen LogP contribution is -2.46. The Kier molecular flexibility index (Phi) is 3.75. The highest BCUT2D eigenvalue weighted by atomic mass is 79.9. The van der Waals surface area contributed by atoms with E-state index >= 15 is 0 Å². The zero-order chi connectivity index (χ0) is 15.1. The second kappa shape index (κ2) is 5.42. The molecule has 0 aliphatic carbocycles. The van der Waals surface area contributed by atoms with Crippen LogP contribution in [0.25, 0.3) is 0 Å². The Morgan fingerprint density at radius 1 is 1.29 bits per heavy atom. The number of amides is 1. The molecule has 2 saturated heterocycles. The van der Waals surface area contributed by atoms with Crippen LogP contribution >= 0.6 is 15.9 Å². The zero-order valence-electron chi connectivity index (χ0n) is 11.5. The number of aryl methyl sites for hydroxylation is 1. The van der Waals surface area contributed by atoms with E-state index in [9.17, 15) is 14.7 Å². The van der Waals surface area contributed by atoms with Crippen molar-refractivity contribution in [1.82, 2.24) is 0 Å². The molecular formula is C15H15BrNO4-. The number of aliphatic carboxylic acids is 1. The van der Waals surface area contributed by atoms with Crippen LogP contribution in [-0.4, -0.2) is 24.1 Å². The number of hydrogen-bond acceptors (Lipinski definition) is 4. The van der Waals surface area contributed by atoms with Gasteiger partial charge >= 0.3 is 0 Å². The minimum absolute atomic E-state index is 0.304. The number of ether oxygens (including phenoxy) is 1. The Balaban J connectivity index is 1.80. The molecule has 21 heavy (non-hydrogen) atoms. The summed E-state index contributed by atoms with van der Waals surface area (Å²) in [5.41, 5.74) is 1.59. The quantitative estimate of drug-likeness (QED) is 0.887. The molecule has 2 aliphatic heterocycles. The minimum Gasteiger partial charge on any atom is -0.550 e. The molecule has 0 unspecified atom stereocenters. The number of benzene rings is 1. The number of halogens is 1. The summed E-state index contributed by atoms with van der Waals surface area (Å²) in [6.45, 7) is 1.88. The number of carboxylic acids is 1. The molecule has 1 N–H and O–H groups in total. The SMILES string of the molecule is Cc1cc(Br)ccc1NC(=O)[C@H]1[C@@H](C(=O)[O-])[C@H]2CC[C@@H]1O2. The van der Waals surface area contributed by atoms with Crippen molar-refractivity contribution in [2.75, 3.05) is 5.32 Å². The van der Waals surface area contributed by atoms with E-state index in [1.165, 1.54) is 0 Å². The number of anilines is 1. The number of hydrogen-bond donors (Lipinski definition) is 1. The Bertz CT molecular complexity index is 603. The molecule has 6 heteroatoms. The Hall–Kier alpha value is -1.40. The molecule has 2 aliphatic rings. The molecule has 0 spiro atoms. The van der Waals surface area contributed by atoms with Gasteiger partial charge in [0.15, 0.2) is 0 Å². The molecule has 2 bridgehead atoms. The van der Waals surface area contributed by atoms with Crippen molar-refractivity contribution in [1.29, 1.82) is 0 Å². The standard InChI is InChI=1S/C15H16BrNO4/c1-7-6-8(16)2-3-9(7)17-14(18)12-10-4-5-11(21-10)13(12)15(19)20/h2-3,6,10-13H,4-5H2,1H3,(H,17,18)(H,19,20)/p-1/t10-,11+,12+,13-/m0/s1. The minimum atomic E-state index is -1.20. The lowest BCUT2D eigenvalue weighted by Gasteiger charge is -2.27. The number of fused-ring (bicyclic) bond motifs is 2. The Morgan fingerprint density at radius 2 is 1.95 bits per heavy atom. The van der Waals surface area contributed by atoms with E-state index in [0.717, 1.165) is 16.5 Å². The first-order valence-corrected chi connectivity index (χ1v) is 7.70. The number of carbonyl (C=O) groups excluding carboxylic acids is 2. The summed E-state index contributed by atoms with van der Waals surface area (Å²) in [7, 11) is 0. The highest BCUT2D eigenvalue weighted by Crippen LogP contribution is 2.43. The molecule has 112 valence electrons. The number of carboxylic acid groups (broad SMARTS) is 1. The van der Waals surface area contributed by atoms with Gasteiger partial charge < -0.3 is 20.0 Å². The summed E-state index contributed by atoms with van der Waals surface area (Å²) in [6.07, 6.45) is 0.714. The van der Waals surface area contributed by atoms with Crippen LogP contribution in [0.4, 0.5) is 5.69 Å². The van der Waals surface area contributed by atoms with Gasteiger partial charge in [0.2, 0.25) is 5.91 Å². The summed E-state index contributed by atoms with van der Waals surface area (Å²) in [6, 6.07) is 5.51. The second-order valence-corrected chi connectivity index (χ2v) is 6.53. The molecule has 1 aromatic carbocycles. The molecule has 0 saturated carbocycles. The van der Waals surface area contributed by atoms with Crippen LogP contribution in [0.15, 0.2) is 22.7 Å². The van der Waals surface area contributed by atoms with Crippen LogP contribution < -0.4 is 10.4 Å². The van der Waals surface area contributed by atoms with Gasteiger partial charge in [-0.25, -0.2) is 0 Å². The molecular weight excluding hydrogens is 338 g/mol. The summed E-state index contributed by atoms with van der Waals surface area (Å²) in [5.74, 6) is -3.02. The molecule has 0 aromatic heterocycles. The normalized spacial score (nSPS) is 30.4. The highest BCUT2D eigenvalue weighted by Gasteiger charge is 2.52. The smallest absolute Gasteiger partial charge is 0.230 e. The topological polar surface area (TPSA) is 78.5 Å². The maximum absolute atomic E-state index is 12.5. The first-order valence-electron chi connectivity index (χ1n) is 6.90. The van der Waals surface area contributed by atoms with Gasteiger partial charge in [-0.1, -0.05) is 15.9 Å². The van der Waals surface area contributed by atoms with Gasteiger partial charge in [0.05, 0.1) is 18.1 Å². The van der Waals surface area contributed by atoms with Gasteiger partial charge in [-0.2, -0.15) is 0 Å². The Labute approximate surface area is 130 Å². The molecule has 4 atom stereocenters. The van der Waals surface area contributed by atoms with E-state index in [1.54, 1.807) is 6.07 Å². The first-order chi connectivity index (χ1) is 9.97. The van der Waals surface area contributed by atoms with Gasteiger partial charge in [-0.15, -0.1) is 0 Å². The molecule has 1 amide bonds. The average Bonchev–Trinajstić information content (AvgIpc) is 3.02. The maximum atomic E-state index is 12.5. The fourth-order valence-corrected chi connectivity index (χ4v) is 3.77. The van der Waals surface area contributed by atoms with Gasteiger partial charge in [0.1, 0.15) is 0 Å². The Morgan fingerprint density at radius 3 is 2.57 bits per heavy atom. The number of carbonyl (C=O) groups is 2. The number of rotatable bonds is 3. The summed E-state index contributed by atoms with van der Waals surface area (Å²) >= 11 is 3.37. The van der Waals surface area contributed by atoms with E-state index in [2.05, 4.69) is 21.2 Å². The second-order valence-electron chi connectivity index (χ2n) is 5.61. The fraction of sp³-hybridized carbons (Fsp3) is 0.467. The van der Waals surface area contributed by atoms with Gasteiger partial charge in [-0.3, -0.25) is 4.79 Å². The number of nitrogens with one attached hydrogen (secondary N) is 1. The lowest BCUT2D eigenvalue weighted by atomic mass is 9.78. The van der Waals surface area contributed by atoms with Crippen molar-refractivity contribution in [3.8, 4) is 0 Å². The molecule has 2 heterocycles. The van der Waals surface area contributed by atoms with E-state index in [1.807, 2.05) is 19.1 Å². The van der Waals surface area contributed by atoms with Crippen molar-refractivity contribution in [3.63, 3.8) is 0 Å². The maximum Gasteiger partial charge on any atom is 0.230 e. The van der Waals surface area contributed by atoms with E-state index in [4.69, 9.17) is 4.74 Å². The highest BCUT2D eigenvalue weighted by molar-refractivity contribution is 9.10. The summed E-state index contributed by atoms with van der Waals surface area (Å²) < 4.78 is 6.50. The third-order valence-electron chi connectivity index (χ3n) is 4.29. The molecule has 3 rings (SSSR count). The fourth-order valence-electron chi connectivity index (χ4n) is 3.29. The van der Waals surface area contributed by atoms with E-state index in [0.29, 0.717) is 12.1 Å². The van der Waals surface area contributed by atoms with Crippen molar-refractivity contribution in [3.05, 3.63) is 28.2 Å².